The molecule has 0 aliphatic rings. The predicted octanol–water partition coefficient (Wildman–Crippen LogP) is 3.03. The minimum atomic E-state index is -2.45. The van der Waals surface area contributed by atoms with Gasteiger partial charge in [0.25, 0.3) is 6.43 Å². The minimum Gasteiger partial charge on any atom is -0.294 e. The summed E-state index contributed by atoms with van der Waals surface area (Å²) in [7, 11) is 0. The molecule has 2 rings (SSSR count). The lowest BCUT2D eigenvalue weighted by atomic mass is 10.3. The van der Waals surface area contributed by atoms with Gasteiger partial charge in [-0.2, -0.15) is 0 Å². The molecular weight excluding hydrogens is 242 g/mol. The molecule has 0 saturated carbocycles. The topological polar surface area (TPSA) is 17.3 Å². The average Bonchev–Trinajstić information content (AvgIpc) is 2.47. The van der Waals surface area contributed by atoms with Crippen LogP contribution >= 0.6 is 15.9 Å². The monoisotopic (exact) mass is 246 g/mol. The van der Waals surface area contributed by atoms with Crippen molar-refractivity contribution in [1.82, 2.24) is 9.38 Å². The zero-order valence-electron chi connectivity index (χ0n) is 6.42. The van der Waals surface area contributed by atoms with Crippen molar-refractivity contribution < 1.29 is 8.78 Å². The number of aromatic nitrogens is 2. The van der Waals surface area contributed by atoms with Gasteiger partial charge < -0.3 is 0 Å². The van der Waals surface area contributed by atoms with Crippen LogP contribution in [0.3, 0.4) is 0 Å². The molecule has 13 heavy (non-hydrogen) atoms. The third-order valence-corrected chi connectivity index (χ3v) is 2.32. The van der Waals surface area contributed by atoms with Gasteiger partial charge in [-0.3, -0.25) is 4.40 Å². The molecule has 0 radical (unpaired) electrons. The normalized spacial score (nSPS) is 11.4. The summed E-state index contributed by atoms with van der Waals surface area (Å²) < 4.78 is 26.8. The van der Waals surface area contributed by atoms with Gasteiger partial charge >= 0.3 is 0 Å². The highest BCUT2D eigenvalue weighted by Crippen LogP contribution is 2.21. The van der Waals surface area contributed by atoms with Crippen LogP contribution in [0.4, 0.5) is 8.78 Å². The van der Waals surface area contributed by atoms with Gasteiger partial charge in [0.15, 0.2) is 0 Å². The Bertz CT molecular complexity index is 439. The molecule has 0 bridgehead atoms. The summed E-state index contributed by atoms with van der Waals surface area (Å²) in [5.41, 5.74) is 0.641. The third-order valence-electron chi connectivity index (χ3n) is 1.74. The van der Waals surface area contributed by atoms with Crippen molar-refractivity contribution in [2.45, 2.75) is 6.43 Å². The lowest BCUT2D eigenvalue weighted by molar-refractivity contribution is 0.151. The smallest absolute Gasteiger partial charge is 0.265 e. The molecule has 0 saturated heterocycles. The number of pyridine rings is 1. The molecule has 0 amide bonds. The van der Waals surface area contributed by atoms with Crippen molar-refractivity contribution >= 4 is 21.6 Å². The molecule has 0 unspecified atom stereocenters. The van der Waals surface area contributed by atoms with Gasteiger partial charge in [-0.1, -0.05) is 0 Å². The molecule has 2 heterocycles. The Hall–Kier alpha value is -0.970. The zero-order valence-corrected chi connectivity index (χ0v) is 8.00. The Morgan fingerprint density at radius 3 is 2.85 bits per heavy atom. The first kappa shape index (κ1) is 8.62. The number of imidazole rings is 1. The molecule has 0 aliphatic carbocycles. The van der Waals surface area contributed by atoms with Crippen LogP contribution < -0.4 is 0 Å². The quantitative estimate of drug-likeness (QED) is 0.757. The number of hydrogen-bond acceptors (Lipinski definition) is 1. The van der Waals surface area contributed by atoms with Crippen LogP contribution in [0, 0.1) is 0 Å². The molecule has 0 N–H and O–H groups in total. The van der Waals surface area contributed by atoms with Crippen LogP contribution in [-0.2, 0) is 0 Å². The van der Waals surface area contributed by atoms with E-state index in [1.54, 1.807) is 16.7 Å². The van der Waals surface area contributed by atoms with Crippen molar-refractivity contribution in [2.75, 3.05) is 0 Å². The first-order chi connectivity index (χ1) is 6.18. The van der Waals surface area contributed by atoms with Crippen LogP contribution in [0.2, 0.25) is 0 Å². The lowest BCUT2D eigenvalue weighted by Gasteiger charge is -2.00. The molecule has 2 nitrogen and oxygen atoms in total. The van der Waals surface area contributed by atoms with E-state index in [1.807, 2.05) is 0 Å². The van der Waals surface area contributed by atoms with E-state index < -0.39 is 6.43 Å². The number of fused-ring (bicyclic) bond motifs is 1. The molecule has 0 aromatic carbocycles. The summed E-state index contributed by atoms with van der Waals surface area (Å²) in [6.45, 7) is 0. The molecule has 2 aromatic heterocycles. The van der Waals surface area contributed by atoms with Gasteiger partial charge in [0.2, 0.25) is 0 Å². The van der Waals surface area contributed by atoms with E-state index in [2.05, 4.69) is 20.9 Å². The molecule has 0 spiro atoms. The third kappa shape index (κ3) is 1.44. The van der Waals surface area contributed by atoms with E-state index in [1.165, 1.54) is 12.3 Å². The van der Waals surface area contributed by atoms with E-state index >= 15 is 0 Å². The highest BCUT2D eigenvalue weighted by molar-refractivity contribution is 9.10. The summed E-state index contributed by atoms with van der Waals surface area (Å²) >= 11 is 3.21. The fraction of sp³-hybridized carbons (Fsp3) is 0.125. The second kappa shape index (κ2) is 3.06. The Kier molecular flexibility index (Phi) is 2.03. The van der Waals surface area contributed by atoms with Gasteiger partial charge in [0.05, 0.1) is 6.20 Å². The van der Waals surface area contributed by atoms with Crippen molar-refractivity contribution in [1.29, 1.82) is 0 Å². The SMILES string of the molecule is FC(F)c1ccc2ncc(Br)n2c1. The maximum Gasteiger partial charge on any atom is 0.265 e. The first-order valence-electron chi connectivity index (χ1n) is 3.59. The maximum atomic E-state index is 12.3. The highest BCUT2D eigenvalue weighted by atomic mass is 79.9. The number of hydrogen-bond donors (Lipinski definition) is 0. The maximum absolute atomic E-state index is 12.3. The van der Waals surface area contributed by atoms with Crippen LogP contribution in [0.1, 0.15) is 12.0 Å². The van der Waals surface area contributed by atoms with Crippen LogP contribution in [0.25, 0.3) is 5.65 Å². The van der Waals surface area contributed by atoms with Crippen molar-refractivity contribution in [2.24, 2.45) is 0 Å². The van der Waals surface area contributed by atoms with Gasteiger partial charge in [-0.25, -0.2) is 13.8 Å². The van der Waals surface area contributed by atoms with E-state index in [-0.39, 0.29) is 5.56 Å². The summed E-state index contributed by atoms with van der Waals surface area (Å²) in [6.07, 6.45) is 0.500. The van der Waals surface area contributed by atoms with Crippen molar-refractivity contribution in [3.8, 4) is 0 Å². The molecular formula is C8H5BrF2N2. The summed E-state index contributed by atoms with van der Waals surface area (Å²) in [6, 6.07) is 2.94. The predicted molar refractivity (Wildman–Crippen MR) is 47.8 cm³/mol. The second-order valence-corrected chi connectivity index (χ2v) is 3.38. The molecule has 0 aliphatic heterocycles. The number of rotatable bonds is 1. The van der Waals surface area contributed by atoms with Gasteiger partial charge in [0, 0.05) is 11.8 Å². The molecule has 68 valence electrons. The van der Waals surface area contributed by atoms with E-state index in [4.69, 9.17) is 0 Å². The molecule has 5 heteroatoms. The first-order valence-corrected chi connectivity index (χ1v) is 4.38. The van der Waals surface area contributed by atoms with Crippen LogP contribution in [0.5, 0.6) is 0 Å². The van der Waals surface area contributed by atoms with Gasteiger partial charge in [-0.15, -0.1) is 0 Å². The largest absolute Gasteiger partial charge is 0.294 e. The van der Waals surface area contributed by atoms with E-state index in [9.17, 15) is 8.78 Å². The van der Waals surface area contributed by atoms with Crippen molar-refractivity contribution in [3.05, 3.63) is 34.7 Å². The standard InChI is InChI=1S/C8H5BrF2N2/c9-6-3-12-7-2-1-5(8(10)11)4-13(6)7/h1-4,8H. The molecule has 0 atom stereocenters. The average molecular weight is 247 g/mol. The van der Waals surface area contributed by atoms with Gasteiger partial charge in [-0.05, 0) is 28.1 Å². The number of alkyl halides is 2. The lowest BCUT2D eigenvalue weighted by Crippen LogP contribution is -1.90. The Balaban J connectivity index is 2.66. The molecule has 0 fully saturated rings. The summed E-state index contributed by atoms with van der Waals surface area (Å²) in [4.78, 5) is 3.99. The summed E-state index contributed by atoms with van der Waals surface area (Å²) in [5, 5.41) is 0. The molecule has 2 aromatic rings. The van der Waals surface area contributed by atoms with Crippen LogP contribution in [-0.4, -0.2) is 9.38 Å². The number of halogens is 3. The zero-order chi connectivity index (χ0) is 9.42. The van der Waals surface area contributed by atoms with Crippen LogP contribution in [0.15, 0.2) is 29.1 Å². The number of nitrogens with zero attached hydrogens (tertiary/aromatic N) is 2. The minimum absolute atomic E-state index is 0.00815. The Labute approximate surface area is 81.3 Å². The fourth-order valence-corrected chi connectivity index (χ4v) is 1.48. The second-order valence-electron chi connectivity index (χ2n) is 2.57. The summed E-state index contributed by atoms with van der Waals surface area (Å²) in [5.74, 6) is 0. The van der Waals surface area contributed by atoms with E-state index in [0.29, 0.717) is 10.3 Å². The Morgan fingerprint density at radius 1 is 1.38 bits per heavy atom. The fourth-order valence-electron chi connectivity index (χ4n) is 1.10. The Morgan fingerprint density at radius 2 is 2.15 bits per heavy atom. The van der Waals surface area contributed by atoms with Crippen molar-refractivity contribution in [3.63, 3.8) is 0 Å². The van der Waals surface area contributed by atoms with E-state index in [0.717, 1.165) is 0 Å². The van der Waals surface area contributed by atoms with Gasteiger partial charge in [0.1, 0.15) is 10.3 Å². The highest BCUT2D eigenvalue weighted by Gasteiger charge is 2.08.